The summed E-state index contributed by atoms with van der Waals surface area (Å²) in [5, 5.41) is 0. The van der Waals surface area contributed by atoms with Gasteiger partial charge in [0.25, 0.3) is 0 Å². The fourth-order valence-electron chi connectivity index (χ4n) is 2.37. The third kappa shape index (κ3) is 2.99. The van der Waals surface area contributed by atoms with Crippen molar-refractivity contribution in [3.63, 3.8) is 0 Å². The molecule has 1 aromatic heterocycles. The van der Waals surface area contributed by atoms with E-state index < -0.39 is 11.6 Å². The molecule has 3 aromatic rings. The number of para-hydroxylation sites is 2. The molecule has 0 aliphatic rings. The van der Waals surface area contributed by atoms with Crippen molar-refractivity contribution in [3.8, 4) is 0 Å². The van der Waals surface area contributed by atoms with E-state index in [2.05, 4.69) is 4.98 Å². The highest BCUT2D eigenvalue weighted by Crippen LogP contribution is 2.19. The van der Waals surface area contributed by atoms with Gasteiger partial charge < -0.3 is 4.42 Å². The summed E-state index contributed by atoms with van der Waals surface area (Å²) in [4.78, 5) is 6.27. The summed E-state index contributed by atoms with van der Waals surface area (Å²) in [5.41, 5.74) is 1.57. The molecule has 0 bridgehead atoms. The number of hydrogen-bond acceptors (Lipinski definition) is 3. The van der Waals surface area contributed by atoms with Crippen molar-refractivity contribution in [1.82, 2.24) is 9.88 Å². The van der Waals surface area contributed by atoms with Gasteiger partial charge in [-0.3, -0.25) is 4.90 Å². The Kier molecular flexibility index (Phi) is 4.15. The minimum absolute atomic E-state index is 0.0699. The fourth-order valence-corrected chi connectivity index (χ4v) is 2.37. The number of rotatable bonds is 5. The van der Waals surface area contributed by atoms with Crippen LogP contribution in [-0.4, -0.2) is 16.4 Å². The summed E-state index contributed by atoms with van der Waals surface area (Å²) in [5.74, 6) is -0.521. The van der Waals surface area contributed by atoms with E-state index >= 15 is 0 Å². The third-order valence-electron chi connectivity index (χ3n) is 3.59. The van der Waals surface area contributed by atoms with E-state index in [1.807, 2.05) is 36.1 Å². The van der Waals surface area contributed by atoms with E-state index in [1.165, 1.54) is 18.2 Å². The van der Waals surface area contributed by atoms with Crippen molar-refractivity contribution in [1.29, 1.82) is 0 Å². The van der Waals surface area contributed by atoms with Gasteiger partial charge in [-0.15, -0.1) is 0 Å². The predicted molar refractivity (Wildman–Crippen MR) is 80.2 cm³/mol. The van der Waals surface area contributed by atoms with Gasteiger partial charge >= 0.3 is 0 Å². The van der Waals surface area contributed by atoms with Gasteiger partial charge in [0.2, 0.25) is 5.89 Å². The van der Waals surface area contributed by atoms with E-state index in [-0.39, 0.29) is 12.1 Å². The number of oxazole rings is 1. The standard InChI is InChI=1S/C17H16F2N2O/c1-2-21(10-12-13(18)6-5-7-14(12)19)11-17-20-15-8-3-4-9-16(15)22-17/h3-9H,2,10-11H2,1H3. The lowest BCUT2D eigenvalue weighted by atomic mass is 10.2. The second-order valence-electron chi connectivity index (χ2n) is 5.08. The number of fused-ring (bicyclic) bond motifs is 1. The molecule has 0 unspecified atom stereocenters. The largest absolute Gasteiger partial charge is 0.439 e. The molecular weight excluding hydrogens is 286 g/mol. The van der Waals surface area contributed by atoms with Crippen LogP contribution in [0.2, 0.25) is 0 Å². The van der Waals surface area contributed by atoms with Gasteiger partial charge in [-0.25, -0.2) is 13.8 Å². The van der Waals surface area contributed by atoms with Crippen LogP contribution in [0.25, 0.3) is 11.1 Å². The van der Waals surface area contributed by atoms with Crippen molar-refractivity contribution >= 4 is 11.1 Å². The number of halogens is 2. The fraction of sp³-hybridized carbons (Fsp3) is 0.235. The van der Waals surface area contributed by atoms with Gasteiger partial charge in [-0.2, -0.15) is 0 Å². The Morgan fingerprint density at radius 1 is 1.00 bits per heavy atom. The molecule has 3 rings (SSSR count). The Morgan fingerprint density at radius 2 is 1.73 bits per heavy atom. The molecule has 0 saturated heterocycles. The van der Waals surface area contributed by atoms with Crippen LogP contribution in [0.4, 0.5) is 8.78 Å². The van der Waals surface area contributed by atoms with Crippen LogP contribution in [-0.2, 0) is 13.1 Å². The van der Waals surface area contributed by atoms with E-state index in [4.69, 9.17) is 4.42 Å². The van der Waals surface area contributed by atoms with E-state index in [0.29, 0.717) is 24.6 Å². The third-order valence-corrected chi connectivity index (χ3v) is 3.59. The molecule has 0 N–H and O–H groups in total. The number of nitrogens with zero attached hydrogens (tertiary/aromatic N) is 2. The summed E-state index contributed by atoms with van der Waals surface area (Å²) in [6, 6.07) is 11.4. The minimum atomic E-state index is -0.531. The monoisotopic (exact) mass is 302 g/mol. The van der Waals surface area contributed by atoms with Crippen molar-refractivity contribution in [3.05, 3.63) is 65.6 Å². The minimum Gasteiger partial charge on any atom is -0.439 e. The number of benzene rings is 2. The number of hydrogen-bond donors (Lipinski definition) is 0. The Bertz CT molecular complexity index is 732. The zero-order valence-electron chi connectivity index (χ0n) is 12.2. The average molecular weight is 302 g/mol. The van der Waals surface area contributed by atoms with Gasteiger partial charge in [0.1, 0.15) is 17.2 Å². The molecular formula is C17H16F2N2O. The maximum atomic E-state index is 13.7. The maximum absolute atomic E-state index is 13.7. The summed E-state index contributed by atoms with van der Waals surface area (Å²) in [7, 11) is 0. The highest BCUT2D eigenvalue weighted by atomic mass is 19.1. The Labute approximate surface area is 127 Å². The molecule has 0 radical (unpaired) electrons. The smallest absolute Gasteiger partial charge is 0.209 e. The number of aromatic nitrogens is 1. The van der Waals surface area contributed by atoms with Gasteiger partial charge in [0, 0.05) is 12.1 Å². The molecule has 1 heterocycles. The summed E-state index contributed by atoms with van der Waals surface area (Å²) in [6.07, 6.45) is 0. The average Bonchev–Trinajstić information content (AvgIpc) is 2.92. The molecule has 5 heteroatoms. The van der Waals surface area contributed by atoms with E-state index in [1.54, 1.807) is 0 Å². The van der Waals surface area contributed by atoms with Crippen molar-refractivity contribution < 1.29 is 13.2 Å². The van der Waals surface area contributed by atoms with Gasteiger partial charge in [-0.05, 0) is 30.8 Å². The molecule has 0 saturated carbocycles. The van der Waals surface area contributed by atoms with E-state index in [9.17, 15) is 8.78 Å². The van der Waals surface area contributed by atoms with E-state index in [0.717, 1.165) is 5.52 Å². The van der Waals surface area contributed by atoms with Gasteiger partial charge in [0.15, 0.2) is 5.58 Å². The molecule has 2 aromatic carbocycles. The molecule has 0 aliphatic heterocycles. The second-order valence-corrected chi connectivity index (χ2v) is 5.08. The molecule has 0 amide bonds. The van der Waals surface area contributed by atoms with Crippen molar-refractivity contribution in [2.45, 2.75) is 20.0 Å². The van der Waals surface area contributed by atoms with Crippen LogP contribution >= 0.6 is 0 Å². The highest BCUT2D eigenvalue weighted by molar-refractivity contribution is 5.72. The topological polar surface area (TPSA) is 29.3 Å². The van der Waals surface area contributed by atoms with Crippen LogP contribution in [0.5, 0.6) is 0 Å². The van der Waals surface area contributed by atoms with Crippen LogP contribution in [0.15, 0.2) is 46.9 Å². The van der Waals surface area contributed by atoms with Crippen LogP contribution in [0.1, 0.15) is 18.4 Å². The first-order chi connectivity index (χ1) is 10.7. The van der Waals surface area contributed by atoms with Gasteiger partial charge in [-0.1, -0.05) is 25.1 Å². The summed E-state index contributed by atoms with van der Waals surface area (Å²) < 4.78 is 33.2. The van der Waals surface area contributed by atoms with Gasteiger partial charge in [0.05, 0.1) is 6.54 Å². The Morgan fingerprint density at radius 3 is 2.41 bits per heavy atom. The quantitative estimate of drug-likeness (QED) is 0.709. The molecule has 0 fully saturated rings. The molecule has 3 nitrogen and oxygen atoms in total. The highest BCUT2D eigenvalue weighted by Gasteiger charge is 2.15. The predicted octanol–water partition coefficient (Wildman–Crippen LogP) is 4.13. The molecule has 114 valence electrons. The molecule has 22 heavy (non-hydrogen) atoms. The lowest BCUT2D eigenvalue weighted by Crippen LogP contribution is -2.23. The second kappa shape index (κ2) is 6.23. The SMILES string of the molecule is CCN(Cc1nc2ccccc2o1)Cc1c(F)cccc1F. The molecule has 0 aliphatic carbocycles. The van der Waals surface area contributed by atoms with Crippen LogP contribution < -0.4 is 0 Å². The van der Waals surface area contributed by atoms with Crippen LogP contribution in [0.3, 0.4) is 0 Å². The Hall–Kier alpha value is -2.27. The zero-order valence-corrected chi connectivity index (χ0v) is 12.2. The zero-order chi connectivity index (χ0) is 15.5. The summed E-state index contributed by atoms with van der Waals surface area (Å²) in [6.45, 7) is 3.14. The maximum Gasteiger partial charge on any atom is 0.209 e. The van der Waals surface area contributed by atoms with Crippen LogP contribution in [0, 0.1) is 11.6 Å². The normalized spacial score (nSPS) is 11.5. The lowest BCUT2D eigenvalue weighted by molar-refractivity contribution is 0.238. The van der Waals surface area contributed by atoms with Crippen molar-refractivity contribution in [2.75, 3.05) is 6.54 Å². The first-order valence-corrected chi connectivity index (χ1v) is 7.17. The first-order valence-electron chi connectivity index (χ1n) is 7.17. The molecule has 0 spiro atoms. The van der Waals surface area contributed by atoms with Crippen molar-refractivity contribution in [2.24, 2.45) is 0 Å². The first kappa shape index (κ1) is 14.7. The molecule has 0 atom stereocenters. The Balaban J connectivity index is 1.79. The lowest BCUT2D eigenvalue weighted by Gasteiger charge is -2.19. The summed E-state index contributed by atoms with van der Waals surface area (Å²) >= 11 is 0.